The molecule has 0 fully saturated rings. The zero-order valence-electron chi connectivity index (χ0n) is 11.6. The molecule has 0 aliphatic heterocycles. The van der Waals surface area contributed by atoms with Crippen LogP contribution in [0.15, 0.2) is 0 Å². The van der Waals surface area contributed by atoms with Crippen LogP contribution in [0.4, 0.5) is 0 Å². The van der Waals surface area contributed by atoms with E-state index in [9.17, 15) is 0 Å². The number of rotatable bonds is 0. The molecule has 0 bridgehead atoms. The van der Waals surface area contributed by atoms with Crippen molar-refractivity contribution in [2.24, 2.45) is 0 Å². The predicted molar refractivity (Wildman–Crippen MR) is 71.9 cm³/mol. The van der Waals surface area contributed by atoms with Crippen molar-refractivity contribution in [1.82, 2.24) is 0 Å². The first-order valence-electron chi connectivity index (χ1n) is 0. The second-order valence-electron chi connectivity index (χ2n) is 0. The molecule has 36 N–H and O–H groups in total. The molecule has 20 heteroatoms. The largest absolute Gasteiger partial charge is 1.00 e. The Kier molecular flexibility index (Phi) is 6570000. The molecule has 20 heavy (non-hydrogen) atoms. The van der Waals surface area contributed by atoms with Crippen LogP contribution >= 0.6 is 0 Å². The van der Waals surface area contributed by atoms with Gasteiger partial charge in [0.1, 0.15) is 0 Å². The van der Waals surface area contributed by atoms with Crippen molar-refractivity contribution < 1.29 is 130 Å². The monoisotopic (exact) mass is 375 g/mol. The molecule has 0 rings (SSSR count). The van der Waals surface area contributed by atoms with E-state index in [0.29, 0.717) is 0 Å². The standard InChI is InChI=1S/Al.Na.18H2O.H/h;;18*1H2;/q;+1;;;;;;;;;;;;;;;;;;;-1. The Bertz CT molecular complexity index is 17.2. The van der Waals surface area contributed by atoms with E-state index in [2.05, 4.69) is 0 Å². The topological polar surface area (TPSA) is 567 Å². The minimum Gasteiger partial charge on any atom is -1.00 e. The summed E-state index contributed by atoms with van der Waals surface area (Å²) in [5, 5.41) is 0. The maximum absolute atomic E-state index is 0. The van der Waals surface area contributed by atoms with Gasteiger partial charge in [-0.15, -0.1) is 0 Å². The van der Waals surface area contributed by atoms with Gasteiger partial charge >= 0.3 is 29.6 Å². The summed E-state index contributed by atoms with van der Waals surface area (Å²) in [7, 11) is 0. The van der Waals surface area contributed by atoms with E-state index < -0.39 is 0 Å². The Morgan fingerprint density at radius 3 is 0.200 bits per heavy atom. The smallest absolute Gasteiger partial charge is 1.00 e. The van der Waals surface area contributed by atoms with Crippen LogP contribution in [0.5, 0.6) is 0 Å². The van der Waals surface area contributed by atoms with Gasteiger partial charge in [-0.3, -0.25) is 0 Å². The van der Waals surface area contributed by atoms with Crippen LogP contribution in [0.25, 0.3) is 0 Å². The van der Waals surface area contributed by atoms with Crippen LogP contribution in [0.2, 0.25) is 0 Å². The summed E-state index contributed by atoms with van der Waals surface area (Å²) in [4.78, 5) is 0. The van der Waals surface area contributed by atoms with Crippen LogP contribution in [-0.2, 0) is 0 Å². The van der Waals surface area contributed by atoms with E-state index in [1.807, 2.05) is 0 Å². The summed E-state index contributed by atoms with van der Waals surface area (Å²) in [5.41, 5.74) is 0. The van der Waals surface area contributed by atoms with Crippen molar-refractivity contribution in [3.63, 3.8) is 0 Å². The third-order valence-corrected chi connectivity index (χ3v) is 0. The third kappa shape index (κ3) is 9040. The zero-order valence-corrected chi connectivity index (χ0v) is 13.7. The Labute approximate surface area is 147 Å². The summed E-state index contributed by atoms with van der Waals surface area (Å²) in [6, 6.07) is 0. The summed E-state index contributed by atoms with van der Waals surface area (Å²) in [6.07, 6.45) is 0. The predicted octanol–water partition coefficient (Wildman–Crippen LogP) is -18.1. The maximum atomic E-state index is 0. The van der Waals surface area contributed by atoms with Gasteiger partial charge in [0.15, 0.2) is 0 Å². The fourth-order valence-corrected chi connectivity index (χ4v) is 0. The molecule has 0 spiro atoms. The fourth-order valence-electron chi connectivity index (χ4n) is 0. The number of hydrogen-bond acceptors (Lipinski definition) is 0. The fraction of sp³-hybridized carbons (Fsp3) is 0. The third-order valence-electron chi connectivity index (χ3n) is 0. The summed E-state index contributed by atoms with van der Waals surface area (Å²) < 4.78 is 0. The normalized spacial score (nSPS) is 0. The molecule has 0 aliphatic rings. The van der Waals surface area contributed by atoms with Crippen LogP contribution in [0.3, 0.4) is 0 Å². The molecule has 0 saturated heterocycles. The van der Waals surface area contributed by atoms with Crippen molar-refractivity contribution >= 4 is 17.4 Å². The van der Waals surface area contributed by atoms with Crippen LogP contribution < -0.4 is 29.6 Å². The Hall–Kier alpha value is 0.812. The second-order valence-corrected chi connectivity index (χ2v) is 0. The molecule has 0 atom stereocenters. The van der Waals surface area contributed by atoms with Crippen LogP contribution in [0, 0.1) is 0 Å². The van der Waals surface area contributed by atoms with Gasteiger partial charge < -0.3 is 100.0 Å². The average Bonchev–Trinajstić information content (AvgIpc) is 0. The van der Waals surface area contributed by atoms with Crippen LogP contribution in [-0.4, -0.2) is 116 Å². The van der Waals surface area contributed by atoms with E-state index in [-0.39, 0.29) is 147 Å². The van der Waals surface area contributed by atoms with E-state index >= 15 is 0 Å². The van der Waals surface area contributed by atoms with E-state index in [1.54, 1.807) is 0 Å². The van der Waals surface area contributed by atoms with Crippen molar-refractivity contribution in [2.45, 2.75) is 0 Å². The molecule has 18 nitrogen and oxygen atoms in total. The van der Waals surface area contributed by atoms with Crippen molar-refractivity contribution in [2.75, 3.05) is 0 Å². The first-order chi connectivity index (χ1) is 0. The van der Waals surface area contributed by atoms with E-state index in [4.69, 9.17) is 0 Å². The van der Waals surface area contributed by atoms with Gasteiger partial charge in [-0.1, -0.05) is 0 Å². The molecule has 0 amide bonds. The minimum atomic E-state index is 0. The Morgan fingerprint density at radius 2 is 0.200 bits per heavy atom. The first kappa shape index (κ1) is 12400. The van der Waals surface area contributed by atoms with Gasteiger partial charge in [0.25, 0.3) is 0 Å². The van der Waals surface area contributed by atoms with Crippen molar-refractivity contribution in [1.29, 1.82) is 0 Å². The minimum absolute atomic E-state index is 0. The number of hydrogen-bond donors (Lipinski definition) is 0. The van der Waals surface area contributed by atoms with Gasteiger partial charge in [0, 0.05) is 17.4 Å². The van der Waals surface area contributed by atoms with E-state index in [1.165, 1.54) is 0 Å². The molecule has 0 aromatic rings. The summed E-state index contributed by atoms with van der Waals surface area (Å²) >= 11 is 0. The Morgan fingerprint density at radius 1 is 0.200 bits per heavy atom. The SMILES string of the molecule is O.O.O.O.O.O.O.O.O.O.O.O.O.O.O.O.O.O.[Al].[H-].[Na+]. The zero-order chi connectivity index (χ0) is 0. The maximum Gasteiger partial charge on any atom is 1.00 e. The van der Waals surface area contributed by atoms with Crippen LogP contribution in [0.1, 0.15) is 1.43 Å². The van der Waals surface area contributed by atoms with E-state index in [0.717, 1.165) is 0 Å². The van der Waals surface area contributed by atoms with Gasteiger partial charge in [0.05, 0.1) is 0 Å². The average molecular weight is 375 g/mol. The molecule has 0 heterocycles. The van der Waals surface area contributed by atoms with Crippen molar-refractivity contribution in [3.8, 4) is 0 Å². The molecular weight excluding hydrogens is 338 g/mol. The molecule has 0 saturated carbocycles. The first-order valence-corrected chi connectivity index (χ1v) is 0. The van der Waals surface area contributed by atoms with Gasteiger partial charge in [-0.05, 0) is 0 Å². The van der Waals surface area contributed by atoms with Gasteiger partial charge in [-0.25, -0.2) is 0 Å². The molecule has 0 aromatic heterocycles. The second kappa shape index (κ2) is 10600. The molecule has 149 valence electrons. The van der Waals surface area contributed by atoms with Gasteiger partial charge in [-0.2, -0.15) is 0 Å². The molecular formula is H37AlNaO18. The quantitative estimate of drug-likeness (QED) is 0.355. The molecule has 0 unspecified atom stereocenters. The van der Waals surface area contributed by atoms with Crippen molar-refractivity contribution in [3.05, 3.63) is 0 Å². The molecule has 3 radical (unpaired) electrons. The summed E-state index contributed by atoms with van der Waals surface area (Å²) in [6.45, 7) is 0. The summed E-state index contributed by atoms with van der Waals surface area (Å²) in [5.74, 6) is 0. The van der Waals surface area contributed by atoms with Gasteiger partial charge in [0.2, 0.25) is 0 Å². The molecule has 0 aromatic carbocycles. The Balaban J connectivity index is 0. The molecule has 0 aliphatic carbocycles.